The monoisotopic (exact) mass is 495 g/mol. The van der Waals surface area contributed by atoms with Crippen LogP contribution in [0.5, 0.6) is 0 Å². The summed E-state index contributed by atoms with van der Waals surface area (Å²) < 4.78 is 2.51. The maximum absolute atomic E-state index is 4.94. The molecule has 0 amide bonds. The van der Waals surface area contributed by atoms with E-state index in [0.29, 0.717) is 6.04 Å². The molecular weight excluding hydrogens is 458 g/mol. The molecule has 4 aromatic rings. The van der Waals surface area contributed by atoms with Crippen molar-refractivity contribution in [3.63, 3.8) is 0 Å². The van der Waals surface area contributed by atoms with E-state index in [9.17, 15) is 0 Å². The van der Waals surface area contributed by atoms with Crippen LogP contribution in [0.15, 0.2) is 59.9 Å². The fraction of sp³-hybridized carbons (Fsp3) is 0.433. The summed E-state index contributed by atoms with van der Waals surface area (Å²) in [7, 11) is 2.23. The Morgan fingerprint density at radius 1 is 1.05 bits per heavy atom. The molecule has 0 saturated heterocycles. The van der Waals surface area contributed by atoms with Gasteiger partial charge in [-0.1, -0.05) is 24.3 Å². The standard InChI is InChI=1S/C30H37N7/c1-36(27-12-6-8-22-9-7-15-35-29(22)27)21-25-30-24(13-16-32-25)23-10-2-3-11-26(23)37(30)19-5-4-14-31-20-28-33-17-18-34-28/h2-3,7,9-11,13,15-16,27,31H,4-6,8,12,14,17-21H2,1H3,(H,33,34). The number of nitrogens with one attached hydrogen (secondary N) is 2. The summed E-state index contributed by atoms with van der Waals surface area (Å²) in [5, 5.41) is 9.49. The number of para-hydroxylation sites is 1. The van der Waals surface area contributed by atoms with Crippen LogP contribution in [0.2, 0.25) is 0 Å². The highest BCUT2D eigenvalue weighted by atomic mass is 15.2. The first-order chi connectivity index (χ1) is 18.3. The smallest absolute Gasteiger partial charge is 0.110 e. The normalized spacial score (nSPS) is 17.4. The van der Waals surface area contributed by atoms with E-state index in [1.54, 1.807) is 0 Å². The fourth-order valence-corrected chi connectivity index (χ4v) is 6.07. The summed E-state index contributed by atoms with van der Waals surface area (Å²) in [6.45, 7) is 5.51. The Morgan fingerprint density at radius 2 is 2.00 bits per heavy atom. The molecule has 0 spiro atoms. The average molecular weight is 496 g/mol. The van der Waals surface area contributed by atoms with Crippen LogP contribution in [0.3, 0.4) is 0 Å². The average Bonchev–Trinajstić information content (AvgIpc) is 3.57. The molecule has 2 N–H and O–H groups in total. The Labute approximate surface area is 219 Å². The molecule has 1 aliphatic carbocycles. The van der Waals surface area contributed by atoms with Gasteiger partial charge in [-0.25, -0.2) is 0 Å². The maximum atomic E-state index is 4.94. The van der Waals surface area contributed by atoms with Gasteiger partial charge in [0.15, 0.2) is 0 Å². The van der Waals surface area contributed by atoms with E-state index in [1.165, 1.54) is 39.5 Å². The van der Waals surface area contributed by atoms with E-state index >= 15 is 0 Å². The Bertz CT molecular complexity index is 1410. The SMILES string of the molecule is CN(Cc1nccc2c3ccccc3n(CCCCNCC3=NCCN3)c12)C1CCCc2cccnc21. The van der Waals surface area contributed by atoms with E-state index in [1.807, 2.05) is 12.4 Å². The molecule has 2 aliphatic rings. The zero-order valence-electron chi connectivity index (χ0n) is 21.8. The van der Waals surface area contributed by atoms with Crippen LogP contribution < -0.4 is 10.6 Å². The predicted octanol–water partition coefficient (Wildman–Crippen LogP) is 4.47. The number of benzene rings is 1. The maximum Gasteiger partial charge on any atom is 0.110 e. The Kier molecular flexibility index (Phi) is 7.15. The minimum absolute atomic E-state index is 0.338. The van der Waals surface area contributed by atoms with Crippen LogP contribution in [-0.4, -0.2) is 58.5 Å². The van der Waals surface area contributed by atoms with Gasteiger partial charge in [-0.15, -0.1) is 0 Å². The van der Waals surface area contributed by atoms with Gasteiger partial charge in [-0.3, -0.25) is 19.9 Å². The van der Waals surface area contributed by atoms with E-state index in [0.717, 1.165) is 76.5 Å². The minimum atomic E-state index is 0.338. The van der Waals surface area contributed by atoms with E-state index < -0.39 is 0 Å². The first kappa shape index (κ1) is 24.1. The molecule has 3 aromatic heterocycles. The van der Waals surface area contributed by atoms with Gasteiger partial charge in [0, 0.05) is 48.3 Å². The van der Waals surface area contributed by atoms with Gasteiger partial charge in [0.05, 0.1) is 36.0 Å². The highest BCUT2D eigenvalue weighted by Gasteiger charge is 2.26. The number of aromatic nitrogens is 3. The van der Waals surface area contributed by atoms with Gasteiger partial charge in [0.2, 0.25) is 0 Å². The van der Waals surface area contributed by atoms with Crippen molar-refractivity contribution < 1.29 is 0 Å². The van der Waals surface area contributed by atoms with Crippen LogP contribution >= 0.6 is 0 Å². The molecule has 0 saturated carbocycles. The summed E-state index contributed by atoms with van der Waals surface area (Å²) in [4.78, 5) is 16.6. The van der Waals surface area contributed by atoms with Gasteiger partial charge in [-0.2, -0.15) is 0 Å². The lowest BCUT2D eigenvalue weighted by atomic mass is 9.91. The van der Waals surface area contributed by atoms with Crippen molar-refractivity contribution in [2.45, 2.75) is 51.2 Å². The topological polar surface area (TPSA) is 70.4 Å². The number of nitrogens with zero attached hydrogens (tertiary/aromatic N) is 5. The Balaban J connectivity index is 1.22. The third-order valence-corrected chi connectivity index (χ3v) is 7.87. The van der Waals surface area contributed by atoms with Crippen LogP contribution in [0.4, 0.5) is 0 Å². The van der Waals surface area contributed by atoms with Gasteiger partial charge < -0.3 is 15.2 Å². The highest BCUT2D eigenvalue weighted by molar-refractivity contribution is 6.08. The van der Waals surface area contributed by atoms with Crippen LogP contribution in [0.25, 0.3) is 21.8 Å². The molecule has 0 radical (unpaired) electrons. The molecule has 4 heterocycles. The predicted molar refractivity (Wildman–Crippen MR) is 151 cm³/mol. The molecule has 37 heavy (non-hydrogen) atoms. The number of amidine groups is 1. The first-order valence-electron chi connectivity index (χ1n) is 13.8. The van der Waals surface area contributed by atoms with E-state index in [4.69, 9.17) is 9.97 Å². The van der Waals surface area contributed by atoms with Gasteiger partial charge in [0.1, 0.15) is 5.84 Å². The number of hydrogen-bond acceptors (Lipinski definition) is 6. The Morgan fingerprint density at radius 3 is 2.92 bits per heavy atom. The van der Waals surface area contributed by atoms with Crippen molar-refractivity contribution >= 4 is 27.6 Å². The second-order valence-electron chi connectivity index (χ2n) is 10.3. The lowest BCUT2D eigenvalue weighted by Crippen LogP contribution is -2.31. The number of hydrogen-bond donors (Lipinski definition) is 2. The molecule has 1 atom stereocenters. The van der Waals surface area contributed by atoms with E-state index in [-0.39, 0.29) is 0 Å². The van der Waals surface area contributed by atoms with Gasteiger partial charge in [-0.05, 0) is 69.5 Å². The van der Waals surface area contributed by atoms with Gasteiger partial charge in [0.25, 0.3) is 0 Å². The molecule has 7 heteroatoms. The van der Waals surface area contributed by atoms with Crippen molar-refractivity contribution in [1.82, 2.24) is 30.1 Å². The largest absolute Gasteiger partial charge is 0.371 e. The summed E-state index contributed by atoms with van der Waals surface area (Å²) in [6.07, 6.45) is 9.66. The number of pyridine rings is 2. The number of unbranched alkanes of at least 4 members (excludes halogenated alkanes) is 1. The molecule has 7 nitrogen and oxygen atoms in total. The molecule has 1 unspecified atom stereocenters. The minimum Gasteiger partial charge on any atom is -0.371 e. The Hall–Kier alpha value is -3.29. The zero-order chi connectivity index (χ0) is 25.0. The summed E-state index contributed by atoms with van der Waals surface area (Å²) >= 11 is 0. The molecule has 192 valence electrons. The molecule has 0 bridgehead atoms. The van der Waals surface area contributed by atoms with Crippen molar-refractivity contribution in [3.05, 3.63) is 71.8 Å². The second kappa shape index (κ2) is 11.0. The molecule has 1 aromatic carbocycles. The van der Waals surface area contributed by atoms with E-state index in [2.05, 4.69) is 74.6 Å². The molecule has 6 rings (SSSR count). The van der Waals surface area contributed by atoms with Gasteiger partial charge >= 0.3 is 0 Å². The van der Waals surface area contributed by atoms with Crippen molar-refractivity contribution in [3.8, 4) is 0 Å². The zero-order valence-corrected chi connectivity index (χ0v) is 21.8. The molecular formula is C30H37N7. The summed E-state index contributed by atoms with van der Waals surface area (Å²) in [5.74, 6) is 1.10. The number of fused-ring (bicyclic) bond motifs is 4. The summed E-state index contributed by atoms with van der Waals surface area (Å²) in [6, 6.07) is 15.6. The molecule has 0 fully saturated rings. The quantitative estimate of drug-likeness (QED) is 0.318. The van der Waals surface area contributed by atoms with Crippen LogP contribution in [0, 0.1) is 0 Å². The number of rotatable bonds is 10. The highest BCUT2D eigenvalue weighted by Crippen LogP contribution is 2.35. The third-order valence-electron chi connectivity index (χ3n) is 7.87. The van der Waals surface area contributed by atoms with Crippen molar-refractivity contribution in [1.29, 1.82) is 0 Å². The summed E-state index contributed by atoms with van der Waals surface area (Å²) in [5.41, 5.74) is 6.38. The lowest BCUT2D eigenvalue weighted by Gasteiger charge is -2.32. The second-order valence-corrected chi connectivity index (χ2v) is 10.3. The number of aryl methyl sites for hydroxylation is 2. The third kappa shape index (κ3) is 4.98. The fourth-order valence-electron chi connectivity index (χ4n) is 6.07. The van der Waals surface area contributed by atoms with Crippen molar-refractivity contribution in [2.75, 3.05) is 33.2 Å². The van der Waals surface area contributed by atoms with Crippen molar-refractivity contribution in [2.24, 2.45) is 4.99 Å². The lowest BCUT2D eigenvalue weighted by molar-refractivity contribution is 0.207. The van der Waals surface area contributed by atoms with Crippen LogP contribution in [-0.2, 0) is 19.5 Å². The first-order valence-corrected chi connectivity index (χ1v) is 13.8. The number of aliphatic imine (C=N–C) groups is 1. The molecule has 1 aliphatic heterocycles. The van der Waals surface area contributed by atoms with Crippen LogP contribution in [0.1, 0.15) is 48.7 Å².